The zero-order valence-corrected chi connectivity index (χ0v) is 20.0. The van der Waals surface area contributed by atoms with Crippen LogP contribution in [-0.2, 0) is 21.4 Å². The van der Waals surface area contributed by atoms with Gasteiger partial charge in [-0.25, -0.2) is 0 Å². The predicted octanol–water partition coefficient (Wildman–Crippen LogP) is 2.24. The van der Waals surface area contributed by atoms with E-state index >= 15 is 0 Å². The van der Waals surface area contributed by atoms with Crippen LogP contribution in [0.25, 0.3) is 0 Å². The van der Waals surface area contributed by atoms with Gasteiger partial charge in [0.05, 0.1) is 12.6 Å². The molecule has 5 nitrogen and oxygen atoms in total. The van der Waals surface area contributed by atoms with E-state index in [9.17, 15) is 14.7 Å². The number of aliphatic hydroxyl groups excluding tert-OH is 1. The Morgan fingerprint density at radius 1 is 1.10 bits per heavy atom. The van der Waals surface area contributed by atoms with Gasteiger partial charge in [0.1, 0.15) is 6.04 Å². The quantitative estimate of drug-likeness (QED) is 0.625. The van der Waals surface area contributed by atoms with Gasteiger partial charge in [-0.2, -0.15) is 0 Å². The maximum Gasteiger partial charge on any atom is 0.243 e. The summed E-state index contributed by atoms with van der Waals surface area (Å²) in [5.41, 5.74) is -0.00132. The van der Waals surface area contributed by atoms with E-state index in [0.717, 1.165) is 10.6 Å². The van der Waals surface area contributed by atoms with Crippen molar-refractivity contribution in [1.29, 1.82) is 0 Å². The predicted molar refractivity (Wildman–Crippen MR) is 130 cm³/mol. The van der Waals surface area contributed by atoms with Crippen molar-refractivity contribution < 1.29 is 14.7 Å². The highest BCUT2D eigenvalue weighted by Gasteiger charge is 2.45. The third-order valence-corrected chi connectivity index (χ3v) is 11.8. The highest BCUT2D eigenvalue weighted by atomic mass is 32.4. The molecule has 1 aliphatic rings. The minimum absolute atomic E-state index is 0.00132. The van der Waals surface area contributed by atoms with Crippen molar-refractivity contribution in [3.05, 3.63) is 60.7 Å². The second-order valence-electron chi connectivity index (χ2n) is 8.45. The third kappa shape index (κ3) is 4.92. The molecule has 0 saturated carbocycles. The van der Waals surface area contributed by atoms with Crippen molar-refractivity contribution >= 4 is 40.3 Å². The van der Waals surface area contributed by atoms with Gasteiger partial charge in [0.25, 0.3) is 0 Å². The Hall–Kier alpha value is -2.01. The van der Waals surface area contributed by atoms with Crippen LogP contribution in [0.5, 0.6) is 0 Å². The van der Waals surface area contributed by atoms with Crippen LogP contribution in [0, 0.1) is 5.92 Å². The summed E-state index contributed by atoms with van der Waals surface area (Å²) in [7, 11) is 0. The van der Waals surface area contributed by atoms with E-state index in [1.165, 1.54) is 6.92 Å². The number of likely N-dealkylation sites (tertiary alicyclic amines) is 1. The number of rotatable bonds is 7. The second kappa shape index (κ2) is 10.1. The average Bonchev–Trinajstić information content (AvgIpc) is 3.24. The summed E-state index contributed by atoms with van der Waals surface area (Å²) in [4.78, 5) is 27.3. The number of carbonyl (C=O) groups excluding carboxylic acids is 2. The topological polar surface area (TPSA) is 69.6 Å². The van der Waals surface area contributed by atoms with Crippen molar-refractivity contribution in [2.24, 2.45) is 5.92 Å². The number of benzene rings is 2. The first kappa shape index (κ1) is 23.6. The van der Waals surface area contributed by atoms with E-state index in [1.54, 1.807) is 4.90 Å². The molecule has 31 heavy (non-hydrogen) atoms. The molecule has 2 amide bonds. The molecule has 0 unspecified atom stereocenters. The van der Waals surface area contributed by atoms with Crippen LogP contribution in [0.2, 0.25) is 0 Å². The zero-order chi connectivity index (χ0) is 22.6. The van der Waals surface area contributed by atoms with Crippen LogP contribution >= 0.6 is 6.04 Å². The van der Waals surface area contributed by atoms with Gasteiger partial charge >= 0.3 is 0 Å². The second-order valence-corrected chi connectivity index (χ2v) is 13.3. The van der Waals surface area contributed by atoms with Crippen LogP contribution < -0.4 is 15.9 Å². The van der Waals surface area contributed by atoms with E-state index in [2.05, 4.69) is 29.6 Å². The van der Waals surface area contributed by atoms with Gasteiger partial charge in [-0.05, 0) is 22.9 Å². The minimum atomic E-state index is -2.28. The molecule has 3 atom stereocenters. The van der Waals surface area contributed by atoms with Crippen molar-refractivity contribution in [2.75, 3.05) is 13.2 Å². The number of hydrogen-bond acceptors (Lipinski definition) is 4. The fourth-order valence-electron chi connectivity index (χ4n) is 4.25. The molecule has 3 rings (SSSR count). The molecule has 1 aliphatic heterocycles. The number of aliphatic hydroxyl groups is 1. The largest absolute Gasteiger partial charge is 0.394 e. The number of nitrogens with zero attached hydrogens (tertiary/aromatic N) is 1. The van der Waals surface area contributed by atoms with E-state index in [0.29, 0.717) is 13.0 Å². The van der Waals surface area contributed by atoms with Gasteiger partial charge in [0, 0.05) is 25.2 Å². The van der Waals surface area contributed by atoms with Gasteiger partial charge in [-0.1, -0.05) is 86.3 Å². The fourth-order valence-corrected chi connectivity index (χ4v) is 8.71. The first-order valence-electron chi connectivity index (χ1n) is 10.7. The summed E-state index contributed by atoms with van der Waals surface area (Å²) >= 11 is 6.43. The van der Waals surface area contributed by atoms with Crippen LogP contribution in [0.4, 0.5) is 0 Å². The highest BCUT2D eigenvalue weighted by Crippen LogP contribution is 2.53. The lowest BCUT2D eigenvalue weighted by Gasteiger charge is -2.29. The summed E-state index contributed by atoms with van der Waals surface area (Å²) in [6, 6.07) is 17.0. The SMILES string of the molecule is CC(=O)N1C[C@@H](P(=S)(c2ccccc2)c2ccccc2)C[C@H]1C(=O)N[C@H](CO)C(C)C. The molecule has 2 aromatic rings. The van der Waals surface area contributed by atoms with Gasteiger partial charge in [0.15, 0.2) is 0 Å². The summed E-state index contributed by atoms with van der Waals surface area (Å²) in [5, 5.41) is 14.8. The molecule has 1 fully saturated rings. The summed E-state index contributed by atoms with van der Waals surface area (Å²) < 4.78 is 0. The molecule has 0 radical (unpaired) electrons. The summed E-state index contributed by atoms with van der Waals surface area (Å²) in [5.74, 6) is -0.250. The zero-order valence-electron chi connectivity index (χ0n) is 18.3. The fraction of sp³-hybridized carbons (Fsp3) is 0.417. The number of carbonyl (C=O) groups is 2. The van der Waals surface area contributed by atoms with Gasteiger partial charge < -0.3 is 15.3 Å². The van der Waals surface area contributed by atoms with E-state index in [4.69, 9.17) is 11.8 Å². The molecule has 0 aromatic heterocycles. The van der Waals surface area contributed by atoms with Crippen molar-refractivity contribution in [1.82, 2.24) is 10.2 Å². The van der Waals surface area contributed by atoms with Gasteiger partial charge in [-0.15, -0.1) is 0 Å². The van der Waals surface area contributed by atoms with Crippen molar-refractivity contribution in [3.8, 4) is 0 Å². The van der Waals surface area contributed by atoms with Crippen LogP contribution in [0.1, 0.15) is 27.2 Å². The standard InChI is InChI=1S/C24H31N2O3PS/c1-17(2)22(16-27)25-24(29)23-14-21(15-26(23)18(3)28)30(31,19-10-6-4-7-11-19)20-12-8-5-9-13-20/h4-13,17,21-23,27H,14-16H2,1-3H3,(H,25,29)/t21-,22+,23-/m0/s1. The first-order chi connectivity index (χ1) is 14.8. The lowest BCUT2D eigenvalue weighted by Crippen LogP contribution is -2.50. The highest BCUT2D eigenvalue weighted by molar-refractivity contribution is 8.22. The Kier molecular flexibility index (Phi) is 7.68. The van der Waals surface area contributed by atoms with Crippen LogP contribution in [0.15, 0.2) is 60.7 Å². The minimum Gasteiger partial charge on any atom is -0.394 e. The number of amides is 2. The lowest BCUT2D eigenvalue weighted by atomic mass is 10.0. The van der Waals surface area contributed by atoms with E-state index in [1.807, 2.05) is 50.2 Å². The van der Waals surface area contributed by atoms with Gasteiger partial charge in [0.2, 0.25) is 11.8 Å². The van der Waals surface area contributed by atoms with Crippen molar-refractivity contribution in [3.63, 3.8) is 0 Å². The van der Waals surface area contributed by atoms with E-state index in [-0.39, 0.29) is 36.0 Å². The maximum absolute atomic E-state index is 13.1. The number of nitrogens with one attached hydrogen (secondary N) is 1. The van der Waals surface area contributed by atoms with E-state index < -0.39 is 12.1 Å². The summed E-state index contributed by atoms with van der Waals surface area (Å²) in [6.45, 7) is 5.73. The van der Waals surface area contributed by atoms with Crippen LogP contribution in [-0.4, -0.2) is 52.7 Å². The Morgan fingerprint density at radius 3 is 2.03 bits per heavy atom. The molecular weight excluding hydrogens is 427 g/mol. The lowest BCUT2D eigenvalue weighted by molar-refractivity contribution is -0.137. The Balaban J connectivity index is 1.98. The smallest absolute Gasteiger partial charge is 0.243 e. The number of hydrogen-bond donors (Lipinski definition) is 2. The van der Waals surface area contributed by atoms with Crippen LogP contribution in [0.3, 0.4) is 0 Å². The molecule has 0 bridgehead atoms. The molecule has 166 valence electrons. The third-order valence-electron chi connectivity index (χ3n) is 6.11. The maximum atomic E-state index is 13.1. The Morgan fingerprint density at radius 2 is 1.61 bits per heavy atom. The Bertz CT molecular complexity index is 908. The first-order valence-corrected chi connectivity index (χ1v) is 13.6. The molecule has 2 N–H and O–H groups in total. The molecule has 1 saturated heterocycles. The normalized spacial score (nSPS) is 20.0. The van der Waals surface area contributed by atoms with Gasteiger partial charge in [-0.3, -0.25) is 9.59 Å². The van der Waals surface area contributed by atoms with Crippen molar-refractivity contribution in [2.45, 2.75) is 44.9 Å². The Labute approximate surface area is 189 Å². The molecular formula is C24H31N2O3PS. The average molecular weight is 459 g/mol. The molecule has 7 heteroatoms. The monoisotopic (exact) mass is 458 g/mol. The molecule has 2 aromatic carbocycles. The molecule has 0 spiro atoms. The summed E-state index contributed by atoms with van der Waals surface area (Å²) in [6.07, 6.45) is 0.517. The molecule has 1 heterocycles. The molecule has 0 aliphatic carbocycles.